The molecule has 0 bridgehead atoms. The van der Waals surface area contributed by atoms with E-state index < -0.39 is 0 Å². The highest BCUT2D eigenvalue weighted by Gasteiger charge is 2.11. The topological polar surface area (TPSA) is 105 Å². The van der Waals surface area contributed by atoms with Crippen molar-refractivity contribution in [2.24, 2.45) is 0 Å². The van der Waals surface area contributed by atoms with E-state index in [4.69, 9.17) is 4.74 Å². The summed E-state index contributed by atoms with van der Waals surface area (Å²) in [5, 5.41) is 5.98. The number of imidazole rings is 1. The Balaban J connectivity index is 1.53. The number of hydrogen-bond acceptors (Lipinski definition) is 6. The minimum Gasteiger partial charge on any atom is -0.484 e. The molecule has 2 aromatic carbocycles. The van der Waals surface area contributed by atoms with E-state index in [1.54, 1.807) is 13.4 Å². The number of likely N-dealkylation sites (N-methyl/N-ethyl adjacent to an activating group) is 1. The summed E-state index contributed by atoms with van der Waals surface area (Å²) >= 11 is 0. The maximum atomic E-state index is 11.4. The predicted octanol–water partition coefficient (Wildman–Crippen LogP) is 3.63. The molecule has 8 nitrogen and oxygen atoms in total. The highest BCUT2D eigenvalue weighted by Crippen LogP contribution is 2.26. The average Bonchev–Trinajstić information content (AvgIpc) is 3.25. The van der Waals surface area contributed by atoms with Gasteiger partial charge in [0.15, 0.2) is 6.61 Å². The molecule has 4 aromatic rings. The van der Waals surface area contributed by atoms with Gasteiger partial charge in [-0.1, -0.05) is 18.2 Å². The Bertz CT molecular complexity index is 1220. The Kier molecular flexibility index (Phi) is 5.79. The van der Waals surface area contributed by atoms with E-state index in [1.165, 1.54) is 0 Å². The normalized spacial score (nSPS) is 11.8. The summed E-state index contributed by atoms with van der Waals surface area (Å²) in [5.74, 6) is 1.88. The number of aromatic amines is 1. The molecule has 0 saturated carbocycles. The van der Waals surface area contributed by atoms with Gasteiger partial charge in [0.1, 0.15) is 17.4 Å². The van der Waals surface area contributed by atoms with Gasteiger partial charge in [0.05, 0.1) is 29.1 Å². The lowest BCUT2D eigenvalue weighted by Gasteiger charge is -2.17. The van der Waals surface area contributed by atoms with Crippen LogP contribution in [0, 0.1) is 6.92 Å². The summed E-state index contributed by atoms with van der Waals surface area (Å²) in [5.41, 5.74) is 4.72. The average molecular weight is 416 g/mol. The minimum absolute atomic E-state index is 0.0170. The largest absolute Gasteiger partial charge is 0.484 e. The van der Waals surface area contributed by atoms with Crippen LogP contribution in [-0.2, 0) is 4.79 Å². The van der Waals surface area contributed by atoms with Gasteiger partial charge < -0.3 is 20.4 Å². The number of nitrogens with one attached hydrogen (secondary N) is 3. The molecule has 2 aromatic heterocycles. The van der Waals surface area contributed by atoms with Crippen molar-refractivity contribution in [3.05, 3.63) is 66.2 Å². The van der Waals surface area contributed by atoms with E-state index in [-0.39, 0.29) is 18.6 Å². The van der Waals surface area contributed by atoms with Gasteiger partial charge >= 0.3 is 0 Å². The van der Waals surface area contributed by atoms with Gasteiger partial charge in [-0.2, -0.15) is 0 Å². The summed E-state index contributed by atoms with van der Waals surface area (Å²) in [4.78, 5) is 27.9. The van der Waals surface area contributed by atoms with Crippen molar-refractivity contribution in [1.29, 1.82) is 0 Å². The lowest BCUT2D eigenvalue weighted by atomic mass is 10.1. The molecule has 1 amide bonds. The summed E-state index contributed by atoms with van der Waals surface area (Å²) < 4.78 is 5.55. The zero-order valence-corrected chi connectivity index (χ0v) is 17.6. The second kappa shape index (κ2) is 8.83. The first-order chi connectivity index (χ1) is 15.0. The number of aryl methyl sites for hydroxylation is 1. The zero-order valence-electron chi connectivity index (χ0n) is 17.6. The molecule has 158 valence electrons. The maximum Gasteiger partial charge on any atom is 0.257 e. The van der Waals surface area contributed by atoms with Crippen LogP contribution in [0.25, 0.3) is 22.3 Å². The first-order valence-electron chi connectivity index (χ1n) is 10.0. The number of aromatic nitrogens is 4. The molecular weight excluding hydrogens is 392 g/mol. The maximum absolute atomic E-state index is 11.4. The standard InChI is InChI=1S/C23H24N6O2/c1-14(16-5-4-6-18(9-16)31-12-23(30)24-3)27-22-11-20(28-15(2)29-22)17-7-8-19-21(10-17)26-13-25-19/h4-11,13-14H,12H2,1-3H3,(H,24,30)(H,25,26)(H,27,28,29). The number of benzene rings is 2. The van der Waals surface area contributed by atoms with Crippen molar-refractivity contribution in [1.82, 2.24) is 25.3 Å². The fourth-order valence-corrected chi connectivity index (χ4v) is 3.28. The molecule has 0 spiro atoms. The molecule has 0 radical (unpaired) electrons. The van der Waals surface area contributed by atoms with Crippen LogP contribution in [0.4, 0.5) is 5.82 Å². The van der Waals surface area contributed by atoms with Crippen molar-refractivity contribution in [3.63, 3.8) is 0 Å². The molecule has 8 heteroatoms. The number of nitrogens with zero attached hydrogens (tertiary/aromatic N) is 3. The third kappa shape index (κ3) is 4.80. The molecule has 0 aliphatic rings. The van der Waals surface area contributed by atoms with Crippen LogP contribution in [0.1, 0.15) is 24.4 Å². The van der Waals surface area contributed by atoms with Gasteiger partial charge in [-0.25, -0.2) is 15.0 Å². The Labute approximate surface area is 180 Å². The van der Waals surface area contributed by atoms with Crippen molar-refractivity contribution in [2.45, 2.75) is 19.9 Å². The molecule has 2 heterocycles. The van der Waals surface area contributed by atoms with Crippen molar-refractivity contribution in [2.75, 3.05) is 19.0 Å². The first-order valence-corrected chi connectivity index (χ1v) is 10.0. The molecule has 0 aliphatic carbocycles. The summed E-state index contributed by atoms with van der Waals surface area (Å²) in [6, 6.07) is 15.6. The van der Waals surface area contributed by atoms with Crippen LogP contribution in [0.5, 0.6) is 5.75 Å². The van der Waals surface area contributed by atoms with E-state index in [0.29, 0.717) is 11.6 Å². The third-order valence-corrected chi connectivity index (χ3v) is 4.93. The second-order valence-electron chi connectivity index (χ2n) is 7.22. The molecule has 0 fully saturated rings. The Morgan fingerprint density at radius 1 is 1.16 bits per heavy atom. The van der Waals surface area contributed by atoms with Crippen LogP contribution < -0.4 is 15.4 Å². The summed E-state index contributed by atoms with van der Waals surface area (Å²) in [6.07, 6.45) is 1.68. The number of H-pyrrole nitrogens is 1. The van der Waals surface area contributed by atoms with Gasteiger partial charge in [0.25, 0.3) is 5.91 Å². The van der Waals surface area contributed by atoms with Gasteiger partial charge in [-0.3, -0.25) is 4.79 Å². The van der Waals surface area contributed by atoms with E-state index in [1.807, 2.05) is 62.4 Å². The molecule has 1 unspecified atom stereocenters. The number of hydrogen-bond donors (Lipinski definition) is 3. The molecule has 0 aliphatic heterocycles. The van der Waals surface area contributed by atoms with Crippen LogP contribution in [0.15, 0.2) is 54.9 Å². The lowest BCUT2D eigenvalue weighted by molar-refractivity contribution is -0.122. The second-order valence-corrected chi connectivity index (χ2v) is 7.22. The smallest absolute Gasteiger partial charge is 0.257 e. The third-order valence-electron chi connectivity index (χ3n) is 4.93. The quantitative estimate of drug-likeness (QED) is 0.425. The van der Waals surface area contributed by atoms with Crippen LogP contribution in [0.2, 0.25) is 0 Å². The number of amides is 1. The Morgan fingerprint density at radius 3 is 2.87 bits per heavy atom. The number of rotatable bonds is 7. The Morgan fingerprint density at radius 2 is 2.03 bits per heavy atom. The van der Waals surface area contributed by atoms with E-state index in [0.717, 1.165) is 33.7 Å². The fourth-order valence-electron chi connectivity index (χ4n) is 3.28. The van der Waals surface area contributed by atoms with Crippen LogP contribution >= 0.6 is 0 Å². The predicted molar refractivity (Wildman–Crippen MR) is 120 cm³/mol. The number of carbonyl (C=O) groups excluding carboxylic acids is 1. The number of anilines is 1. The van der Waals surface area contributed by atoms with Gasteiger partial charge in [-0.05, 0) is 43.7 Å². The van der Waals surface area contributed by atoms with Crippen molar-refractivity contribution >= 4 is 22.8 Å². The number of fused-ring (bicyclic) bond motifs is 1. The van der Waals surface area contributed by atoms with Crippen LogP contribution in [-0.4, -0.2) is 39.5 Å². The summed E-state index contributed by atoms with van der Waals surface area (Å²) in [6.45, 7) is 3.91. The van der Waals surface area contributed by atoms with E-state index >= 15 is 0 Å². The van der Waals surface area contributed by atoms with Crippen LogP contribution in [0.3, 0.4) is 0 Å². The molecule has 3 N–H and O–H groups in total. The first kappa shape index (κ1) is 20.3. The number of ether oxygens (including phenoxy) is 1. The van der Waals surface area contributed by atoms with Crippen molar-refractivity contribution in [3.8, 4) is 17.0 Å². The van der Waals surface area contributed by atoms with Gasteiger partial charge in [0, 0.05) is 18.7 Å². The minimum atomic E-state index is -0.172. The SMILES string of the molecule is CNC(=O)COc1cccc(C(C)Nc2cc(-c3ccc4nc[nH]c4c3)nc(C)n2)c1. The Hall–Kier alpha value is -3.94. The van der Waals surface area contributed by atoms with Gasteiger partial charge in [0.2, 0.25) is 0 Å². The molecular formula is C23H24N6O2. The fraction of sp³-hybridized carbons (Fsp3) is 0.217. The molecule has 31 heavy (non-hydrogen) atoms. The highest BCUT2D eigenvalue weighted by molar-refractivity contribution is 5.81. The molecule has 1 atom stereocenters. The zero-order chi connectivity index (χ0) is 21.8. The highest BCUT2D eigenvalue weighted by atomic mass is 16.5. The van der Waals surface area contributed by atoms with Crippen molar-refractivity contribution < 1.29 is 9.53 Å². The lowest BCUT2D eigenvalue weighted by Crippen LogP contribution is -2.24. The van der Waals surface area contributed by atoms with Gasteiger partial charge in [-0.15, -0.1) is 0 Å². The molecule has 0 saturated heterocycles. The monoisotopic (exact) mass is 416 g/mol. The van der Waals surface area contributed by atoms with E-state index in [2.05, 4.69) is 30.6 Å². The van der Waals surface area contributed by atoms with E-state index in [9.17, 15) is 4.79 Å². The summed E-state index contributed by atoms with van der Waals surface area (Å²) in [7, 11) is 1.58. The number of carbonyl (C=O) groups is 1. The molecule has 4 rings (SSSR count).